The lowest BCUT2D eigenvalue weighted by Crippen LogP contribution is -2.23. The van der Waals surface area contributed by atoms with Crippen molar-refractivity contribution in [3.63, 3.8) is 0 Å². The highest BCUT2D eigenvalue weighted by molar-refractivity contribution is 9.12. The maximum atomic E-state index is 11.7. The van der Waals surface area contributed by atoms with E-state index in [-0.39, 0.29) is 27.7 Å². The van der Waals surface area contributed by atoms with Gasteiger partial charge in [-0.15, -0.1) is 0 Å². The largest absolute Gasteiger partial charge is 0.353 e. The van der Waals surface area contributed by atoms with Gasteiger partial charge in [0.2, 0.25) is 5.91 Å². The van der Waals surface area contributed by atoms with Crippen molar-refractivity contribution in [1.82, 2.24) is 5.32 Å². The van der Waals surface area contributed by atoms with Crippen molar-refractivity contribution >= 4 is 39.2 Å². The van der Waals surface area contributed by atoms with Crippen molar-refractivity contribution < 1.29 is 19.2 Å². The van der Waals surface area contributed by atoms with Crippen molar-refractivity contribution in [2.75, 3.05) is 6.54 Å². The van der Waals surface area contributed by atoms with Crippen LogP contribution < -0.4 is 5.32 Å². The third-order valence-electron chi connectivity index (χ3n) is 2.71. The van der Waals surface area contributed by atoms with Gasteiger partial charge < -0.3 is 14.9 Å². The summed E-state index contributed by atoms with van der Waals surface area (Å²) >= 11 is 3.09. The van der Waals surface area contributed by atoms with Gasteiger partial charge in [-0.25, -0.2) is 0 Å². The minimum absolute atomic E-state index is 0.0849. The molecule has 0 rings (SSSR count). The summed E-state index contributed by atoms with van der Waals surface area (Å²) in [5.74, 6) is -0.316. The predicted molar refractivity (Wildman–Crippen MR) is 84.1 cm³/mol. The van der Waals surface area contributed by atoms with Crippen LogP contribution >= 0.6 is 15.9 Å². The molecular formula is C15H22BrNO4. The number of unbranched alkanes of at least 4 members (excludes halogenated alkanes) is 1. The van der Waals surface area contributed by atoms with E-state index in [2.05, 4.69) is 21.2 Å². The summed E-state index contributed by atoms with van der Waals surface area (Å²) in [5, 5.41) is 2.61. The second-order valence-corrected chi connectivity index (χ2v) is 5.78. The van der Waals surface area contributed by atoms with Crippen molar-refractivity contribution in [3.05, 3.63) is 10.6 Å². The molecule has 0 spiro atoms. The van der Waals surface area contributed by atoms with Crippen LogP contribution in [-0.2, 0) is 19.2 Å². The van der Waals surface area contributed by atoms with Gasteiger partial charge in [-0.3, -0.25) is 9.59 Å². The number of carbonyl (C=O) groups is 4. The molecule has 0 radical (unpaired) electrons. The van der Waals surface area contributed by atoms with E-state index in [1.165, 1.54) is 19.9 Å². The zero-order valence-electron chi connectivity index (χ0n) is 12.5. The Morgan fingerprint density at radius 2 is 1.43 bits per heavy atom. The second kappa shape index (κ2) is 11.4. The average Bonchev–Trinajstić information content (AvgIpc) is 2.39. The van der Waals surface area contributed by atoms with Crippen LogP contribution in [0.3, 0.4) is 0 Å². The zero-order valence-corrected chi connectivity index (χ0v) is 14.1. The number of hydrogen-bond donors (Lipinski definition) is 1. The molecule has 118 valence electrons. The Kier molecular flexibility index (Phi) is 10.7. The normalized spacial score (nSPS) is 11.1. The highest BCUT2D eigenvalue weighted by Gasteiger charge is 2.08. The molecule has 0 aliphatic rings. The molecule has 5 nitrogen and oxygen atoms in total. The molecule has 0 heterocycles. The first-order valence-electron chi connectivity index (χ1n) is 7.00. The molecule has 1 N–H and O–H groups in total. The van der Waals surface area contributed by atoms with E-state index < -0.39 is 0 Å². The van der Waals surface area contributed by atoms with Gasteiger partial charge in [-0.1, -0.05) is 0 Å². The van der Waals surface area contributed by atoms with Crippen molar-refractivity contribution in [3.8, 4) is 0 Å². The fourth-order valence-electron chi connectivity index (χ4n) is 1.57. The molecule has 0 aliphatic carbocycles. The van der Waals surface area contributed by atoms with Gasteiger partial charge in [-0.05, 0) is 49.0 Å². The minimum Gasteiger partial charge on any atom is -0.353 e. The van der Waals surface area contributed by atoms with E-state index in [9.17, 15) is 19.2 Å². The molecule has 0 aromatic heterocycles. The monoisotopic (exact) mass is 359 g/mol. The summed E-state index contributed by atoms with van der Waals surface area (Å²) in [6, 6.07) is 0. The zero-order chi connectivity index (χ0) is 16.3. The van der Waals surface area contributed by atoms with Crippen LogP contribution in [0.2, 0.25) is 0 Å². The molecular weight excluding hydrogens is 338 g/mol. The minimum atomic E-state index is -0.359. The molecule has 0 fully saturated rings. The molecule has 0 saturated heterocycles. The van der Waals surface area contributed by atoms with Gasteiger partial charge in [0.1, 0.15) is 11.6 Å². The van der Waals surface area contributed by atoms with Crippen molar-refractivity contribution in [2.24, 2.45) is 0 Å². The highest BCUT2D eigenvalue weighted by atomic mass is 79.9. The number of hydrogen-bond acceptors (Lipinski definition) is 4. The third kappa shape index (κ3) is 12.2. The summed E-state index contributed by atoms with van der Waals surface area (Å²) in [7, 11) is 0. The Hall–Kier alpha value is -1.30. The topological polar surface area (TPSA) is 80.3 Å². The van der Waals surface area contributed by atoms with E-state index in [1.807, 2.05) is 0 Å². The van der Waals surface area contributed by atoms with Gasteiger partial charge >= 0.3 is 0 Å². The number of Topliss-reactive ketones (excluding diaryl/α,β-unsaturated/α-hetero) is 3. The number of ketones is 3. The number of nitrogens with one attached hydrogen (secondary N) is 1. The van der Waals surface area contributed by atoms with Gasteiger partial charge in [0.15, 0.2) is 5.78 Å². The molecule has 21 heavy (non-hydrogen) atoms. The first kappa shape index (κ1) is 19.7. The van der Waals surface area contributed by atoms with Crippen LogP contribution in [0.4, 0.5) is 0 Å². The molecule has 0 saturated carbocycles. The Bertz CT molecular complexity index is 429. The van der Waals surface area contributed by atoms with Gasteiger partial charge in [0, 0.05) is 31.9 Å². The lowest BCUT2D eigenvalue weighted by molar-refractivity contribution is -0.119. The van der Waals surface area contributed by atoms with Gasteiger partial charge in [-0.2, -0.15) is 0 Å². The number of halogens is 1. The van der Waals surface area contributed by atoms with E-state index in [0.717, 1.165) is 0 Å². The summed E-state index contributed by atoms with van der Waals surface area (Å²) < 4.78 is 0.231. The maximum Gasteiger partial charge on any atom is 0.245 e. The molecule has 0 aliphatic heterocycles. The Balaban J connectivity index is 3.97. The molecule has 1 amide bonds. The number of carbonyl (C=O) groups excluding carboxylic acids is 4. The number of rotatable bonds is 11. The first-order chi connectivity index (χ1) is 9.82. The smallest absolute Gasteiger partial charge is 0.245 e. The van der Waals surface area contributed by atoms with E-state index in [0.29, 0.717) is 45.1 Å². The molecule has 0 aromatic carbocycles. The fraction of sp³-hybridized carbons (Fsp3) is 0.600. The van der Waals surface area contributed by atoms with Gasteiger partial charge in [0.05, 0.1) is 4.48 Å². The quantitative estimate of drug-likeness (QED) is 0.453. The summed E-state index contributed by atoms with van der Waals surface area (Å²) in [6.07, 6.45) is 4.32. The van der Waals surface area contributed by atoms with Crippen LogP contribution in [-0.4, -0.2) is 29.8 Å². The van der Waals surface area contributed by atoms with Crippen LogP contribution in [0.5, 0.6) is 0 Å². The molecule has 6 heteroatoms. The van der Waals surface area contributed by atoms with Crippen LogP contribution in [0.25, 0.3) is 0 Å². The Morgan fingerprint density at radius 3 is 2.00 bits per heavy atom. The van der Waals surface area contributed by atoms with E-state index in [4.69, 9.17) is 0 Å². The predicted octanol–water partition coefficient (Wildman–Crippen LogP) is 2.47. The molecule has 0 aromatic rings. The van der Waals surface area contributed by atoms with Crippen LogP contribution in [0, 0.1) is 0 Å². The summed E-state index contributed by atoms with van der Waals surface area (Å²) in [4.78, 5) is 44.7. The second-order valence-electron chi connectivity index (χ2n) is 4.92. The lowest BCUT2D eigenvalue weighted by Gasteiger charge is -2.02. The number of amides is 1. The first-order valence-corrected chi connectivity index (χ1v) is 7.79. The van der Waals surface area contributed by atoms with E-state index in [1.54, 1.807) is 0 Å². The number of allylic oxidation sites excluding steroid dienone is 1. The Labute approximate surface area is 133 Å². The highest BCUT2D eigenvalue weighted by Crippen LogP contribution is 2.12. The lowest BCUT2D eigenvalue weighted by atomic mass is 10.1. The van der Waals surface area contributed by atoms with Crippen LogP contribution in [0.15, 0.2) is 10.6 Å². The third-order valence-corrected chi connectivity index (χ3v) is 3.38. The Morgan fingerprint density at radius 1 is 0.905 bits per heavy atom. The molecule has 0 atom stereocenters. The molecule has 0 bridgehead atoms. The standard InChI is InChI=1S/C15H22BrNO4/c1-11(18)6-3-4-8-14(20)13(16)10-15(21)17-9-5-7-12(2)19/h10H,3-9H2,1-2H3,(H,17,21)/b13-10-. The summed E-state index contributed by atoms with van der Waals surface area (Å²) in [5.41, 5.74) is 0. The van der Waals surface area contributed by atoms with Crippen molar-refractivity contribution in [2.45, 2.75) is 52.4 Å². The summed E-state index contributed by atoms with van der Waals surface area (Å²) in [6.45, 7) is 3.43. The SMILES string of the molecule is CC(=O)CCCCC(=O)/C(Br)=C/C(=O)NCCCC(C)=O. The fourth-order valence-corrected chi connectivity index (χ4v) is 1.98. The maximum absolute atomic E-state index is 11.7. The van der Waals surface area contributed by atoms with Crippen molar-refractivity contribution in [1.29, 1.82) is 0 Å². The van der Waals surface area contributed by atoms with Crippen LogP contribution in [0.1, 0.15) is 52.4 Å². The van der Waals surface area contributed by atoms with Gasteiger partial charge in [0.25, 0.3) is 0 Å². The molecule has 0 unspecified atom stereocenters. The van der Waals surface area contributed by atoms with E-state index >= 15 is 0 Å². The average molecular weight is 360 g/mol.